The summed E-state index contributed by atoms with van der Waals surface area (Å²) < 4.78 is 0. The van der Waals surface area contributed by atoms with Gasteiger partial charge in [-0.05, 0) is 51.9 Å². The Balaban J connectivity index is 0.00000264. The van der Waals surface area contributed by atoms with Gasteiger partial charge in [0, 0.05) is 37.3 Å². The average Bonchev–Trinajstić information content (AvgIpc) is 2.91. The van der Waals surface area contributed by atoms with E-state index in [1.165, 1.54) is 24.3 Å². The SMILES string of the molecule is CCNC(=NCCCCc1nc(C)cs1)N1CCCC(C)C1.I. The number of halogens is 1. The molecular weight excluding hydrogens is 419 g/mol. The molecule has 1 aromatic heterocycles. The van der Waals surface area contributed by atoms with E-state index in [9.17, 15) is 0 Å². The summed E-state index contributed by atoms with van der Waals surface area (Å²) in [5.74, 6) is 1.89. The molecular formula is C17H31IN4S. The lowest BCUT2D eigenvalue weighted by Crippen LogP contribution is -2.46. The smallest absolute Gasteiger partial charge is 0.193 e. The van der Waals surface area contributed by atoms with E-state index in [4.69, 9.17) is 4.99 Å². The molecule has 0 bridgehead atoms. The van der Waals surface area contributed by atoms with Crippen molar-refractivity contribution in [3.05, 3.63) is 16.1 Å². The van der Waals surface area contributed by atoms with Crippen molar-refractivity contribution in [3.63, 3.8) is 0 Å². The largest absolute Gasteiger partial charge is 0.357 e. The van der Waals surface area contributed by atoms with Crippen LogP contribution in [0.2, 0.25) is 0 Å². The number of nitrogens with one attached hydrogen (secondary N) is 1. The highest BCUT2D eigenvalue weighted by Crippen LogP contribution is 2.15. The molecule has 1 fully saturated rings. The van der Waals surface area contributed by atoms with Crippen molar-refractivity contribution in [3.8, 4) is 0 Å². The van der Waals surface area contributed by atoms with E-state index in [0.29, 0.717) is 0 Å². The molecule has 1 saturated heterocycles. The standard InChI is InChI=1S/C17H30N4S.HI/c1-4-18-17(21-11-7-8-14(2)12-21)19-10-6-5-9-16-20-15(3)13-22-16;/h13-14H,4-12H2,1-3H3,(H,18,19);1H. The summed E-state index contributed by atoms with van der Waals surface area (Å²) in [6.45, 7) is 10.7. The molecule has 2 rings (SSSR count). The van der Waals surface area contributed by atoms with Crippen molar-refractivity contribution >= 4 is 41.3 Å². The number of unbranched alkanes of at least 4 members (excludes halogenated alkanes) is 1. The number of aryl methyl sites for hydroxylation is 2. The third-order valence-corrected chi connectivity index (χ3v) is 5.04. The van der Waals surface area contributed by atoms with Crippen molar-refractivity contribution in [2.45, 2.75) is 52.9 Å². The number of aromatic nitrogens is 1. The predicted molar refractivity (Wildman–Crippen MR) is 111 cm³/mol. The quantitative estimate of drug-likeness (QED) is 0.307. The first-order valence-electron chi connectivity index (χ1n) is 8.63. The van der Waals surface area contributed by atoms with Gasteiger partial charge in [-0.2, -0.15) is 0 Å². The molecule has 1 aliphatic heterocycles. The molecule has 6 heteroatoms. The van der Waals surface area contributed by atoms with E-state index < -0.39 is 0 Å². The molecule has 23 heavy (non-hydrogen) atoms. The second-order valence-electron chi connectivity index (χ2n) is 6.27. The second-order valence-corrected chi connectivity index (χ2v) is 7.21. The minimum absolute atomic E-state index is 0. The van der Waals surface area contributed by atoms with Gasteiger partial charge in [0.1, 0.15) is 0 Å². The van der Waals surface area contributed by atoms with E-state index in [2.05, 4.69) is 41.4 Å². The average molecular weight is 450 g/mol. The number of aliphatic imine (C=N–C) groups is 1. The Morgan fingerprint density at radius 3 is 2.96 bits per heavy atom. The van der Waals surface area contributed by atoms with E-state index in [1.807, 2.05) is 0 Å². The lowest BCUT2D eigenvalue weighted by atomic mass is 10.0. The van der Waals surface area contributed by atoms with Gasteiger partial charge in [-0.15, -0.1) is 35.3 Å². The zero-order valence-corrected chi connectivity index (χ0v) is 17.8. The third-order valence-electron chi connectivity index (χ3n) is 4.02. The Hall–Kier alpha value is -0.370. The van der Waals surface area contributed by atoms with Crippen LogP contribution in [0.4, 0.5) is 0 Å². The van der Waals surface area contributed by atoms with E-state index in [0.717, 1.165) is 56.6 Å². The summed E-state index contributed by atoms with van der Waals surface area (Å²) in [5, 5.41) is 6.85. The minimum atomic E-state index is 0. The molecule has 0 aliphatic carbocycles. The second kappa shape index (κ2) is 11.2. The van der Waals surface area contributed by atoms with Crippen molar-refractivity contribution < 1.29 is 0 Å². The molecule has 2 heterocycles. The third kappa shape index (κ3) is 7.37. The van der Waals surface area contributed by atoms with Gasteiger partial charge in [0.15, 0.2) is 5.96 Å². The maximum Gasteiger partial charge on any atom is 0.193 e. The fourth-order valence-electron chi connectivity index (χ4n) is 2.90. The fourth-order valence-corrected chi connectivity index (χ4v) is 3.72. The van der Waals surface area contributed by atoms with Crippen LogP contribution in [0, 0.1) is 12.8 Å². The summed E-state index contributed by atoms with van der Waals surface area (Å²) in [6, 6.07) is 0. The number of thiazole rings is 1. The zero-order valence-electron chi connectivity index (χ0n) is 14.7. The van der Waals surface area contributed by atoms with Crippen LogP contribution >= 0.6 is 35.3 Å². The Labute approximate surface area is 162 Å². The molecule has 0 radical (unpaired) electrons. The molecule has 0 spiro atoms. The van der Waals surface area contributed by atoms with E-state index in [1.54, 1.807) is 11.3 Å². The van der Waals surface area contributed by atoms with Crippen LogP contribution in [0.25, 0.3) is 0 Å². The van der Waals surface area contributed by atoms with Crippen molar-refractivity contribution in [2.75, 3.05) is 26.2 Å². The van der Waals surface area contributed by atoms with Crippen LogP contribution in [-0.4, -0.2) is 42.0 Å². The summed E-state index contributed by atoms with van der Waals surface area (Å²) in [7, 11) is 0. The van der Waals surface area contributed by atoms with Crippen LogP contribution in [0.5, 0.6) is 0 Å². The summed E-state index contributed by atoms with van der Waals surface area (Å²) in [6.07, 6.45) is 6.03. The van der Waals surface area contributed by atoms with Gasteiger partial charge in [-0.25, -0.2) is 4.98 Å². The molecule has 1 atom stereocenters. The van der Waals surface area contributed by atoms with Gasteiger partial charge in [0.2, 0.25) is 0 Å². The lowest BCUT2D eigenvalue weighted by molar-refractivity contribution is 0.266. The normalized spacial score (nSPS) is 18.7. The highest BCUT2D eigenvalue weighted by molar-refractivity contribution is 14.0. The first-order valence-corrected chi connectivity index (χ1v) is 9.51. The predicted octanol–water partition coefficient (Wildman–Crippen LogP) is 4.09. The monoisotopic (exact) mass is 450 g/mol. The number of guanidine groups is 1. The van der Waals surface area contributed by atoms with E-state index >= 15 is 0 Å². The van der Waals surface area contributed by atoms with Crippen LogP contribution in [0.1, 0.15) is 50.2 Å². The number of piperidine rings is 1. The summed E-state index contributed by atoms with van der Waals surface area (Å²) >= 11 is 1.78. The molecule has 4 nitrogen and oxygen atoms in total. The van der Waals surface area contributed by atoms with Gasteiger partial charge >= 0.3 is 0 Å². The highest BCUT2D eigenvalue weighted by Gasteiger charge is 2.18. The number of hydrogen-bond acceptors (Lipinski definition) is 3. The molecule has 0 saturated carbocycles. The fraction of sp³-hybridized carbons (Fsp3) is 0.765. The highest BCUT2D eigenvalue weighted by atomic mass is 127. The lowest BCUT2D eigenvalue weighted by Gasteiger charge is -2.33. The molecule has 0 amide bonds. The number of rotatable bonds is 6. The maximum absolute atomic E-state index is 4.82. The minimum Gasteiger partial charge on any atom is -0.357 e. The van der Waals surface area contributed by atoms with Gasteiger partial charge in [-0.1, -0.05) is 6.92 Å². The molecule has 0 aromatic carbocycles. The number of nitrogens with zero attached hydrogens (tertiary/aromatic N) is 3. The van der Waals surface area contributed by atoms with Crippen LogP contribution in [0.3, 0.4) is 0 Å². The van der Waals surface area contributed by atoms with Crippen molar-refractivity contribution in [1.82, 2.24) is 15.2 Å². The topological polar surface area (TPSA) is 40.5 Å². The van der Waals surface area contributed by atoms with Gasteiger partial charge in [0.05, 0.1) is 5.01 Å². The molecule has 1 N–H and O–H groups in total. The molecule has 132 valence electrons. The van der Waals surface area contributed by atoms with Crippen molar-refractivity contribution in [2.24, 2.45) is 10.9 Å². The van der Waals surface area contributed by atoms with Gasteiger partial charge in [-0.3, -0.25) is 4.99 Å². The maximum atomic E-state index is 4.82. The van der Waals surface area contributed by atoms with Crippen LogP contribution in [-0.2, 0) is 6.42 Å². The Morgan fingerprint density at radius 1 is 1.48 bits per heavy atom. The van der Waals surface area contributed by atoms with Gasteiger partial charge in [0.25, 0.3) is 0 Å². The van der Waals surface area contributed by atoms with Crippen molar-refractivity contribution in [1.29, 1.82) is 0 Å². The first kappa shape index (κ1) is 20.7. The Morgan fingerprint density at radius 2 is 2.30 bits per heavy atom. The Kier molecular flexibility index (Phi) is 10.1. The summed E-state index contributed by atoms with van der Waals surface area (Å²) in [5.41, 5.74) is 1.15. The van der Waals surface area contributed by atoms with Crippen LogP contribution in [0.15, 0.2) is 10.4 Å². The zero-order chi connectivity index (χ0) is 15.8. The first-order chi connectivity index (χ1) is 10.7. The summed E-state index contributed by atoms with van der Waals surface area (Å²) in [4.78, 5) is 11.8. The molecule has 1 unspecified atom stereocenters. The van der Waals surface area contributed by atoms with E-state index in [-0.39, 0.29) is 24.0 Å². The Bertz CT molecular complexity index is 475. The molecule has 1 aliphatic rings. The van der Waals surface area contributed by atoms with Crippen LogP contribution < -0.4 is 5.32 Å². The number of hydrogen-bond donors (Lipinski definition) is 1. The number of likely N-dealkylation sites (tertiary alicyclic amines) is 1. The molecule has 1 aromatic rings. The van der Waals surface area contributed by atoms with Gasteiger partial charge < -0.3 is 10.2 Å².